The summed E-state index contributed by atoms with van der Waals surface area (Å²) in [6, 6.07) is 14.6. The molecule has 29 heavy (non-hydrogen) atoms. The van der Waals surface area contributed by atoms with Crippen LogP contribution < -0.4 is 5.32 Å². The number of nitrogens with zero attached hydrogens (tertiary/aromatic N) is 3. The Kier molecular flexibility index (Phi) is 5.33. The number of aromatic amines is 1. The molecule has 2 aromatic heterocycles. The van der Waals surface area contributed by atoms with Crippen molar-refractivity contribution in [3.8, 4) is 11.3 Å². The van der Waals surface area contributed by atoms with Crippen LogP contribution in [-0.4, -0.2) is 25.9 Å². The van der Waals surface area contributed by atoms with Crippen LogP contribution in [0.25, 0.3) is 11.3 Å². The maximum atomic E-state index is 13.3. The second-order valence-electron chi connectivity index (χ2n) is 6.27. The predicted molar refractivity (Wildman–Crippen MR) is 110 cm³/mol. The molecule has 4 aromatic rings. The van der Waals surface area contributed by atoms with Crippen molar-refractivity contribution in [3.63, 3.8) is 0 Å². The molecule has 2 heterocycles. The number of rotatable bonds is 5. The van der Waals surface area contributed by atoms with Gasteiger partial charge in [0.1, 0.15) is 11.5 Å². The summed E-state index contributed by atoms with van der Waals surface area (Å²) < 4.78 is 14.9. The van der Waals surface area contributed by atoms with Gasteiger partial charge in [-0.15, -0.1) is 0 Å². The summed E-state index contributed by atoms with van der Waals surface area (Å²) in [5, 5.41) is 14.8. The third kappa shape index (κ3) is 4.47. The Morgan fingerprint density at radius 2 is 2.00 bits per heavy atom. The largest absolute Gasteiger partial charge is 0.304 e. The number of carbonyl (C=O) groups excluding carboxylic acids is 1. The van der Waals surface area contributed by atoms with Crippen LogP contribution in [0.1, 0.15) is 16.1 Å². The molecule has 6 nitrogen and oxygen atoms in total. The van der Waals surface area contributed by atoms with E-state index in [1.807, 2.05) is 0 Å². The van der Waals surface area contributed by atoms with E-state index in [4.69, 9.17) is 23.2 Å². The Bertz CT molecular complexity index is 1190. The molecule has 0 aliphatic carbocycles. The van der Waals surface area contributed by atoms with Crippen molar-refractivity contribution < 1.29 is 9.18 Å². The Morgan fingerprint density at radius 1 is 1.14 bits per heavy atom. The molecule has 2 aromatic carbocycles. The van der Waals surface area contributed by atoms with Crippen LogP contribution in [0.5, 0.6) is 0 Å². The van der Waals surface area contributed by atoms with Crippen molar-refractivity contribution in [1.29, 1.82) is 0 Å². The molecule has 2 N–H and O–H groups in total. The number of nitrogens with one attached hydrogen (secondary N) is 2. The summed E-state index contributed by atoms with van der Waals surface area (Å²) in [4.78, 5) is 12.5. The van der Waals surface area contributed by atoms with E-state index in [-0.39, 0.29) is 11.5 Å². The molecule has 0 saturated carbocycles. The molecule has 0 spiro atoms. The molecule has 0 bridgehead atoms. The van der Waals surface area contributed by atoms with E-state index < -0.39 is 5.91 Å². The maximum Gasteiger partial charge on any atom is 0.274 e. The fourth-order valence-electron chi connectivity index (χ4n) is 2.80. The van der Waals surface area contributed by atoms with E-state index in [0.717, 1.165) is 5.56 Å². The van der Waals surface area contributed by atoms with E-state index in [1.54, 1.807) is 53.3 Å². The minimum atomic E-state index is -0.398. The lowest BCUT2D eigenvalue weighted by Gasteiger charge is -2.02. The Labute approximate surface area is 175 Å². The topological polar surface area (TPSA) is 75.6 Å². The normalized spacial score (nSPS) is 10.9. The third-order valence-corrected chi connectivity index (χ3v) is 4.69. The van der Waals surface area contributed by atoms with Crippen molar-refractivity contribution in [2.75, 3.05) is 5.32 Å². The summed E-state index contributed by atoms with van der Waals surface area (Å²) in [6.07, 6.45) is 1.70. The van der Waals surface area contributed by atoms with Gasteiger partial charge in [0.2, 0.25) is 0 Å². The van der Waals surface area contributed by atoms with Crippen LogP contribution in [0.2, 0.25) is 10.0 Å². The highest BCUT2D eigenvalue weighted by Gasteiger charge is 2.14. The molecule has 0 unspecified atom stereocenters. The Morgan fingerprint density at radius 3 is 2.79 bits per heavy atom. The van der Waals surface area contributed by atoms with Gasteiger partial charge in [0.15, 0.2) is 5.82 Å². The van der Waals surface area contributed by atoms with E-state index in [2.05, 4.69) is 20.6 Å². The van der Waals surface area contributed by atoms with Gasteiger partial charge in [-0.05, 0) is 42.0 Å². The number of halogens is 3. The summed E-state index contributed by atoms with van der Waals surface area (Å²) in [6.45, 7) is 0.386. The third-order valence-electron chi connectivity index (χ3n) is 4.15. The van der Waals surface area contributed by atoms with Crippen LogP contribution in [0.15, 0.2) is 60.8 Å². The molecule has 0 atom stereocenters. The standard InChI is InChI=1S/C20H14Cl2FN5O/c21-13-4-5-15(16(22)9-13)17-10-18(26-25-17)20(29)24-19-6-7-28(27-19)11-12-2-1-3-14(23)8-12/h1-10H,11H2,(H,25,26)(H,24,27,29). The quantitative estimate of drug-likeness (QED) is 0.467. The molecule has 9 heteroatoms. The Hall–Kier alpha value is -3.16. The van der Waals surface area contributed by atoms with E-state index in [1.165, 1.54) is 12.1 Å². The van der Waals surface area contributed by atoms with Crippen molar-refractivity contribution >= 4 is 34.9 Å². The number of carbonyl (C=O) groups is 1. The van der Waals surface area contributed by atoms with Gasteiger partial charge in [0, 0.05) is 22.8 Å². The van der Waals surface area contributed by atoms with Crippen molar-refractivity contribution in [2.24, 2.45) is 0 Å². The molecule has 0 radical (unpaired) electrons. The first-order valence-electron chi connectivity index (χ1n) is 8.58. The first-order valence-corrected chi connectivity index (χ1v) is 9.33. The minimum absolute atomic E-state index is 0.255. The van der Waals surface area contributed by atoms with E-state index in [9.17, 15) is 9.18 Å². The van der Waals surface area contributed by atoms with Gasteiger partial charge in [-0.1, -0.05) is 35.3 Å². The van der Waals surface area contributed by atoms with Gasteiger partial charge < -0.3 is 5.32 Å². The average molecular weight is 430 g/mol. The second-order valence-corrected chi connectivity index (χ2v) is 7.12. The highest BCUT2D eigenvalue weighted by atomic mass is 35.5. The van der Waals surface area contributed by atoms with Crippen LogP contribution in [-0.2, 0) is 6.54 Å². The summed E-state index contributed by atoms with van der Waals surface area (Å²) in [5.41, 5.74) is 2.20. The lowest BCUT2D eigenvalue weighted by Crippen LogP contribution is -2.13. The first kappa shape index (κ1) is 19.2. The van der Waals surface area contributed by atoms with Gasteiger partial charge >= 0.3 is 0 Å². The van der Waals surface area contributed by atoms with E-state index >= 15 is 0 Å². The minimum Gasteiger partial charge on any atom is -0.304 e. The summed E-state index contributed by atoms with van der Waals surface area (Å²) >= 11 is 12.1. The highest BCUT2D eigenvalue weighted by molar-refractivity contribution is 6.36. The molecular weight excluding hydrogens is 416 g/mol. The van der Waals surface area contributed by atoms with Crippen LogP contribution >= 0.6 is 23.2 Å². The molecular formula is C20H14Cl2FN5O. The van der Waals surface area contributed by atoms with Gasteiger partial charge in [0.05, 0.1) is 17.3 Å². The predicted octanol–water partition coefficient (Wildman–Crippen LogP) is 5.02. The zero-order chi connectivity index (χ0) is 20.4. The molecule has 1 amide bonds. The number of amides is 1. The van der Waals surface area contributed by atoms with Gasteiger partial charge in [0.25, 0.3) is 5.91 Å². The molecule has 0 fully saturated rings. The van der Waals surface area contributed by atoms with Crippen molar-refractivity contribution in [2.45, 2.75) is 6.54 Å². The second kappa shape index (κ2) is 8.06. The number of aromatic nitrogens is 4. The fraction of sp³-hybridized carbons (Fsp3) is 0.0500. The van der Waals surface area contributed by atoms with Crippen LogP contribution in [0.4, 0.5) is 10.2 Å². The number of anilines is 1. The number of hydrogen-bond donors (Lipinski definition) is 2. The smallest absolute Gasteiger partial charge is 0.274 e. The molecule has 0 aliphatic heterocycles. The molecule has 146 valence electrons. The zero-order valence-electron chi connectivity index (χ0n) is 14.9. The summed E-state index contributed by atoms with van der Waals surface area (Å²) in [5.74, 6) is -0.337. The van der Waals surface area contributed by atoms with Gasteiger partial charge in [-0.25, -0.2) is 4.39 Å². The number of H-pyrrole nitrogens is 1. The average Bonchev–Trinajstić information content (AvgIpc) is 3.32. The van der Waals surface area contributed by atoms with Gasteiger partial charge in [-0.3, -0.25) is 14.6 Å². The van der Waals surface area contributed by atoms with Crippen LogP contribution in [0, 0.1) is 5.82 Å². The molecule has 4 rings (SSSR count). The lowest BCUT2D eigenvalue weighted by molar-refractivity contribution is 0.102. The first-order chi connectivity index (χ1) is 14.0. The highest BCUT2D eigenvalue weighted by Crippen LogP contribution is 2.29. The van der Waals surface area contributed by atoms with Crippen molar-refractivity contribution in [3.05, 3.63) is 87.9 Å². The maximum absolute atomic E-state index is 13.3. The fourth-order valence-corrected chi connectivity index (χ4v) is 3.30. The Balaban J connectivity index is 1.45. The number of benzene rings is 2. The lowest BCUT2D eigenvalue weighted by atomic mass is 10.1. The van der Waals surface area contributed by atoms with Crippen molar-refractivity contribution in [1.82, 2.24) is 20.0 Å². The number of hydrogen-bond acceptors (Lipinski definition) is 3. The molecule has 0 aliphatic rings. The monoisotopic (exact) mass is 429 g/mol. The summed E-state index contributed by atoms with van der Waals surface area (Å²) in [7, 11) is 0. The SMILES string of the molecule is O=C(Nc1ccn(Cc2cccc(F)c2)n1)c1cc(-c2ccc(Cl)cc2Cl)n[nH]1. The van der Waals surface area contributed by atoms with Gasteiger partial charge in [-0.2, -0.15) is 10.2 Å². The molecule has 0 saturated heterocycles. The zero-order valence-corrected chi connectivity index (χ0v) is 16.4. The van der Waals surface area contributed by atoms with Crippen LogP contribution in [0.3, 0.4) is 0 Å². The van der Waals surface area contributed by atoms with E-state index in [0.29, 0.717) is 33.7 Å².